The van der Waals surface area contributed by atoms with E-state index in [0.29, 0.717) is 0 Å². The van der Waals surface area contributed by atoms with E-state index in [2.05, 4.69) is 4.98 Å². The summed E-state index contributed by atoms with van der Waals surface area (Å²) in [6.07, 6.45) is 2.75. The molecule has 0 spiro atoms. The monoisotopic (exact) mass is 310 g/mol. The molecule has 1 aromatic heterocycles. The fraction of sp³-hybridized carbons (Fsp3) is 0.500. The minimum Gasteiger partial charge on any atom is -0.260 e. The van der Waals surface area contributed by atoms with Gasteiger partial charge >= 0.3 is 0 Å². The molecule has 0 fully saturated rings. The van der Waals surface area contributed by atoms with Crippen molar-refractivity contribution in [1.82, 2.24) is 9.29 Å². The summed E-state index contributed by atoms with van der Waals surface area (Å²) in [6, 6.07) is 2.47. The lowest BCUT2D eigenvalue weighted by Gasteiger charge is -2.23. The summed E-state index contributed by atoms with van der Waals surface area (Å²) in [7, 11) is -3.22. The quantitative estimate of drug-likeness (QED) is 0.764. The molecule has 0 aliphatic carbocycles. The molecule has 0 aliphatic heterocycles. The van der Waals surface area contributed by atoms with Crippen LogP contribution in [0.2, 0.25) is 5.15 Å². The topological polar surface area (TPSA) is 67.3 Å². The zero-order valence-electron chi connectivity index (χ0n) is 10.3. The van der Waals surface area contributed by atoms with Crippen molar-refractivity contribution in [2.45, 2.75) is 17.9 Å². The van der Waals surface area contributed by atoms with Crippen LogP contribution in [0.4, 0.5) is 0 Å². The first kappa shape index (κ1) is 15.6. The average molecular weight is 311 g/mol. The third kappa shape index (κ3) is 3.74. The van der Waals surface area contributed by atoms with Gasteiger partial charge < -0.3 is 0 Å². The Morgan fingerprint density at radius 1 is 1.50 bits per heavy atom. The molecule has 5 nitrogen and oxygen atoms in total. The van der Waals surface area contributed by atoms with Gasteiger partial charge in [-0.2, -0.15) is 4.31 Å². The van der Waals surface area contributed by atoms with Crippen molar-refractivity contribution < 1.29 is 12.6 Å². The van der Waals surface area contributed by atoms with Crippen LogP contribution in [0.15, 0.2) is 23.2 Å². The molecule has 0 bridgehead atoms. The molecule has 0 radical (unpaired) electrons. The van der Waals surface area contributed by atoms with E-state index in [1.807, 2.05) is 0 Å². The van der Waals surface area contributed by atoms with Gasteiger partial charge in [0.25, 0.3) is 0 Å². The van der Waals surface area contributed by atoms with E-state index in [9.17, 15) is 12.6 Å². The Morgan fingerprint density at radius 3 is 2.56 bits per heavy atom. The molecule has 1 rings (SSSR count). The van der Waals surface area contributed by atoms with Crippen LogP contribution in [-0.4, -0.2) is 47.0 Å². The van der Waals surface area contributed by atoms with Gasteiger partial charge in [-0.1, -0.05) is 11.6 Å². The Morgan fingerprint density at radius 2 is 2.11 bits per heavy atom. The first-order chi connectivity index (χ1) is 8.25. The first-order valence-electron chi connectivity index (χ1n) is 5.14. The number of pyridine rings is 1. The molecule has 1 heterocycles. The SMILES string of the molecule is C[C@@H](C[S@](C)=O)N(C)S(=O)(=O)c1ccc(Cl)nc1. The van der Waals surface area contributed by atoms with E-state index in [4.69, 9.17) is 11.6 Å². The minimum absolute atomic E-state index is 0.0723. The van der Waals surface area contributed by atoms with Crippen molar-refractivity contribution in [3.8, 4) is 0 Å². The van der Waals surface area contributed by atoms with Crippen LogP contribution in [0.1, 0.15) is 6.92 Å². The molecule has 2 atom stereocenters. The first-order valence-corrected chi connectivity index (χ1v) is 8.69. The molecule has 102 valence electrons. The molecule has 0 N–H and O–H groups in total. The second-order valence-corrected chi connectivity index (χ2v) is 7.79. The van der Waals surface area contributed by atoms with Crippen molar-refractivity contribution in [3.05, 3.63) is 23.5 Å². The van der Waals surface area contributed by atoms with Gasteiger partial charge in [-0.05, 0) is 19.1 Å². The highest BCUT2D eigenvalue weighted by molar-refractivity contribution is 7.89. The van der Waals surface area contributed by atoms with Crippen LogP contribution in [0.25, 0.3) is 0 Å². The van der Waals surface area contributed by atoms with Gasteiger partial charge in [0.15, 0.2) is 0 Å². The fourth-order valence-electron chi connectivity index (χ4n) is 1.36. The summed E-state index contributed by atoms with van der Waals surface area (Å²) in [6.45, 7) is 1.71. The molecular formula is C10H15ClN2O3S2. The number of hydrogen-bond donors (Lipinski definition) is 0. The van der Waals surface area contributed by atoms with E-state index in [-0.39, 0.29) is 21.8 Å². The minimum atomic E-state index is -3.62. The van der Waals surface area contributed by atoms with Crippen LogP contribution in [-0.2, 0) is 20.8 Å². The van der Waals surface area contributed by atoms with Gasteiger partial charge in [0.05, 0.1) is 0 Å². The van der Waals surface area contributed by atoms with Crippen molar-refractivity contribution in [2.24, 2.45) is 0 Å². The summed E-state index contributed by atoms with van der Waals surface area (Å²) in [5.41, 5.74) is 0. The van der Waals surface area contributed by atoms with Gasteiger partial charge in [0, 0.05) is 42.1 Å². The number of nitrogens with zero attached hydrogens (tertiary/aromatic N) is 2. The smallest absolute Gasteiger partial charge is 0.244 e. The summed E-state index contributed by atoms with van der Waals surface area (Å²) < 4.78 is 36.7. The van der Waals surface area contributed by atoms with Crippen LogP contribution < -0.4 is 0 Å². The Labute approximate surface area is 115 Å². The maximum Gasteiger partial charge on any atom is 0.244 e. The van der Waals surface area contributed by atoms with Crippen LogP contribution >= 0.6 is 11.6 Å². The Bertz CT molecular complexity index is 531. The van der Waals surface area contributed by atoms with Gasteiger partial charge in [-0.3, -0.25) is 4.21 Å². The summed E-state index contributed by atoms with van der Waals surface area (Å²) in [5.74, 6) is 0.288. The van der Waals surface area contributed by atoms with Crippen LogP contribution in [0.5, 0.6) is 0 Å². The van der Waals surface area contributed by atoms with Crippen LogP contribution in [0.3, 0.4) is 0 Å². The molecule has 0 aliphatic rings. The molecule has 8 heteroatoms. The Kier molecular flexibility index (Phi) is 5.27. The van der Waals surface area contributed by atoms with Crippen molar-refractivity contribution >= 4 is 32.4 Å². The molecule has 0 saturated heterocycles. The highest BCUT2D eigenvalue weighted by atomic mass is 35.5. The molecular weight excluding hydrogens is 296 g/mol. The van der Waals surface area contributed by atoms with Crippen LogP contribution in [0, 0.1) is 0 Å². The highest BCUT2D eigenvalue weighted by Crippen LogP contribution is 2.17. The zero-order valence-corrected chi connectivity index (χ0v) is 12.7. The number of rotatable bonds is 5. The molecule has 0 aromatic carbocycles. The summed E-state index contributed by atoms with van der Waals surface area (Å²) in [4.78, 5) is 3.82. The standard InChI is InChI=1S/C10H15ClN2O3S2/c1-8(7-17(3)14)13(2)18(15,16)9-4-5-10(11)12-6-9/h4-6,8H,7H2,1-3H3/t8-,17-/m0/s1. The second-order valence-electron chi connectivity index (χ2n) is 3.93. The lowest BCUT2D eigenvalue weighted by atomic mass is 10.4. The summed E-state index contributed by atoms with van der Waals surface area (Å²) in [5, 5.41) is 0.235. The molecule has 0 saturated carbocycles. The Balaban J connectivity index is 2.99. The lowest BCUT2D eigenvalue weighted by Crippen LogP contribution is -2.38. The van der Waals surface area contributed by atoms with Crippen molar-refractivity contribution in [1.29, 1.82) is 0 Å². The van der Waals surface area contributed by atoms with Gasteiger partial charge in [0.2, 0.25) is 10.0 Å². The predicted molar refractivity (Wildman–Crippen MR) is 72.6 cm³/mol. The van der Waals surface area contributed by atoms with E-state index < -0.39 is 20.8 Å². The number of aromatic nitrogens is 1. The molecule has 0 unspecified atom stereocenters. The lowest BCUT2D eigenvalue weighted by molar-refractivity contribution is 0.413. The zero-order chi connectivity index (χ0) is 13.9. The normalized spacial score (nSPS) is 15.6. The van der Waals surface area contributed by atoms with Gasteiger partial charge in [-0.15, -0.1) is 0 Å². The predicted octanol–water partition coefficient (Wildman–Crippen LogP) is 1.12. The maximum absolute atomic E-state index is 12.2. The Hall–Kier alpha value is -0.500. The second kappa shape index (κ2) is 6.10. The molecule has 1 aromatic rings. The van der Waals surface area contributed by atoms with Gasteiger partial charge in [0.1, 0.15) is 10.0 Å². The third-order valence-electron chi connectivity index (χ3n) is 2.47. The van der Waals surface area contributed by atoms with Gasteiger partial charge in [-0.25, -0.2) is 13.4 Å². The fourth-order valence-corrected chi connectivity index (χ4v) is 3.78. The third-order valence-corrected chi connectivity index (χ3v) is 5.60. The van der Waals surface area contributed by atoms with E-state index in [1.165, 1.54) is 29.7 Å². The average Bonchev–Trinajstić information content (AvgIpc) is 2.27. The molecule has 18 heavy (non-hydrogen) atoms. The number of sulfonamides is 1. The highest BCUT2D eigenvalue weighted by Gasteiger charge is 2.26. The largest absolute Gasteiger partial charge is 0.260 e. The number of halogens is 1. The molecule has 0 amide bonds. The van der Waals surface area contributed by atoms with Crippen molar-refractivity contribution in [3.63, 3.8) is 0 Å². The summed E-state index contributed by atoms with van der Waals surface area (Å²) >= 11 is 5.61. The van der Waals surface area contributed by atoms with Crippen molar-refractivity contribution in [2.75, 3.05) is 19.1 Å². The number of hydrogen-bond acceptors (Lipinski definition) is 4. The maximum atomic E-state index is 12.2. The van der Waals surface area contributed by atoms with E-state index in [1.54, 1.807) is 13.2 Å². The van der Waals surface area contributed by atoms with E-state index >= 15 is 0 Å². The van der Waals surface area contributed by atoms with E-state index in [0.717, 1.165) is 0 Å².